The van der Waals surface area contributed by atoms with E-state index in [1.54, 1.807) is 12.1 Å². The van der Waals surface area contributed by atoms with Gasteiger partial charge in [-0.2, -0.15) is 0 Å². The molecule has 0 aliphatic rings. The van der Waals surface area contributed by atoms with Crippen LogP contribution in [0.2, 0.25) is 0 Å². The van der Waals surface area contributed by atoms with Crippen LogP contribution in [0.3, 0.4) is 0 Å². The third-order valence-electron chi connectivity index (χ3n) is 2.22. The highest BCUT2D eigenvalue weighted by molar-refractivity contribution is 5.89. The summed E-state index contributed by atoms with van der Waals surface area (Å²) in [5.74, 6) is -0.307. The molecule has 3 nitrogen and oxygen atoms in total. The Morgan fingerprint density at radius 2 is 2.06 bits per heavy atom. The molecular formula is C13H17NO2. The Hall–Kier alpha value is -1.61. The lowest BCUT2D eigenvalue weighted by atomic mass is 10.1. The van der Waals surface area contributed by atoms with Crippen LogP contribution in [0.4, 0.5) is 0 Å². The third kappa shape index (κ3) is 3.87. The minimum atomic E-state index is -0.307. The summed E-state index contributed by atoms with van der Waals surface area (Å²) in [4.78, 5) is 11.2. The van der Waals surface area contributed by atoms with Gasteiger partial charge in [0.05, 0.1) is 12.7 Å². The number of unbranched alkanes of at least 4 members (excludes halogenated alkanes) is 1. The van der Waals surface area contributed by atoms with Crippen molar-refractivity contribution >= 4 is 12.0 Å². The molecule has 0 saturated carbocycles. The zero-order valence-electron chi connectivity index (χ0n) is 9.48. The van der Waals surface area contributed by atoms with Gasteiger partial charge in [0.2, 0.25) is 0 Å². The highest BCUT2D eigenvalue weighted by atomic mass is 16.5. The summed E-state index contributed by atoms with van der Waals surface area (Å²) in [6, 6.07) is 7.30. The van der Waals surface area contributed by atoms with E-state index < -0.39 is 0 Å². The predicted octanol–water partition coefficient (Wildman–Crippen LogP) is 2.23. The van der Waals surface area contributed by atoms with Crippen molar-refractivity contribution in [2.45, 2.75) is 12.8 Å². The lowest BCUT2D eigenvalue weighted by Crippen LogP contribution is -2.00. The van der Waals surface area contributed by atoms with Crippen LogP contribution in [0.5, 0.6) is 0 Å². The van der Waals surface area contributed by atoms with Crippen LogP contribution in [0.1, 0.15) is 28.8 Å². The van der Waals surface area contributed by atoms with E-state index in [9.17, 15) is 4.79 Å². The van der Waals surface area contributed by atoms with E-state index in [4.69, 9.17) is 5.73 Å². The maximum atomic E-state index is 11.2. The van der Waals surface area contributed by atoms with Crippen molar-refractivity contribution in [3.8, 4) is 0 Å². The van der Waals surface area contributed by atoms with Gasteiger partial charge in [-0.1, -0.05) is 24.3 Å². The number of esters is 1. The molecule has 0 aliphatic heterocycles. The molecule has 0 atom stereocenters. The van der Waals surface area contributed by atoms with Crippen LogP contribution < -0.4 is 5.73 Å². The molecule has 1 aromatic carbocycles. The first-order valence-electron chi connectivity index (χ1n) is 5.33. The second kappa shape index (κ2) is 6.80. The molecule has 1 rings (SSSR count). The number of ether oxygens (including phenoxy) is 1. The average molecular weight is 219 g/mol. The highest BCUT2D eigenvalue weighted by Gasteiger charge is 2.02. The molecule has 0 bridgehead atoms. The Kier molecular flexibility index (Phi) is 5.29. The molecule has 3 heteroatoms. The van der Waals surface area contributed by atoms with Crippen LogP contribution >= 0.6 is 0 Å². The van der Waals surface area contributed by atoms with Crippen LogP contribution in [0.15, 0.2) is 30.3 Å². The second-order valence-corrected chi connectivity index (χ2v) is 3.45. The number of carbonyl (C=O) groups excluding carboxylic acids is 1. The average Bonchev–Trinajstić information content (AvgIpc) is 2.34. The van der Waals surface area contributed by atoms with Crippen LogP contribution in [0.25, 0.3) is 6.08 Å². The third-order valence-corrected chi connectivity index (χ3v) is 2.22. The van der Waals surface area contributed by atoms with Crippen molar-refractivity contribution in [2.75, 3.05) is 13.7 Å². The number of allylic oxidation sites excluding steroid dienone is 1. The largest absolute Gasteiger partial charge is 0.465 e. The predicted molar refractivity (Wildman–Crippen MR) is 65.1 cm³/mol. The summed E-state index contributed by atoms with van der Waals surface area (Å²) in [5.41, 5.74) is 7.04. The minimum Gasteiger partial charge on any atom is -0.465 e. The van der Waals surface area contributed by atoms with Gasteiger partial charge in [-0.25, -0.2) is 4.79 Å². The van der Waals surface area contributed by atoms with Gasteiger partial charge in [0.15, 0.2) is 0 Å². The molecule has 0 saturated heterocycles. The Morgan fingerprint density at radius 3 is 2.62 bits per heavy atom. The molecule has 0 spiro atoms. The summed E-state index contributed by atoms with van der Waals surface area (Å²) in [5, 5.41) is 0. The van der Waals surface area contributed by atoms with E-state index >= 15 is 0 Å². The van der Waals surface area contributed by atoms with Crippen LogP contribution in [-0.2, 0) is 4.74 Å². The van der Waals surface area contributed by atoms with E-state index in [0.29, 0.717) is 12.1 Å². The second-order valence-electron chi connectivity index (χ2n) is 3.45. The van der Waals surface area contributed by atoms with Crippen molar-refractivity contribution in [1.29, 1.82) is 0 Å². The monoisotopic (exact) mass is 219 g/mol. The molecule has 1 aromatic rings. The lowest BCUT2D eigenvalue weighted by Gasteiger charge is -1.99. The number of hydrogen-bond donors (Lipinski definition) is 1. The molecule has 0 fully saturated rings. The Labute approximate surface area is 95.9 Å². The van der Waals surface area contributed by atoms with Crippen LogP contribution in [0, 0.1) is 0 Å². The summed E-state index contributed by atoms with van der Waals surface area (Å²) >= 11 is 0. The fourth-order valence-electron chi connectivity index (χ4n) is 1.30. The quantitative estimate of drug-likeness (QED) is 0.610. The Balaban J connectivity index is 2.57. The number of methoxy groups -OCH3 is 1. The van der Waals surface area contributed by atoms with Gasteiger partial charge < -0.3 is 10.5 Å². The number of hydrogen-bond acceptors (Lipinski definition) is 3. The number of carbonyl (C=O) groups is 1. The maximum Gasteiger partial charge on any atom is 0.337 e. The Morgan fingerprint density at radius 1 is 1.38 bits per heavy atom. The first-order chi connectivity index (χ1) is 7.77. The normalized spacial score (nSPS) is 10.6. The van der Waals surface area contributed by atoms with E-state index in [0.717, 1.165) is 18.4 Å². The fourth-order valence-corrected chi connectivity index (χ4v) is 1.30. The summed E-state index contributed by atoms with van der Waals surface area (Å²) in [6.45, 7) is 0.714. The maximum absolute atomic E-state index is 11.2. The molecule has 0 unspecified atom stereocenters. The first-order valence-corrected chi connectivity index (χ1v) is 5.33. The molecule has 16 heavy (non-hydrogen) atoms. The van der Waals surface area contributed by atoms with Crippen LogP contribution in [-0.4, -0.2) is 19.6 Å². The molecule has 2 N–H and O–H groups in total. The van der Waals surface area contributed by atoms with Gasteiger partial charge in [-0.3, -0.25) is 0 Å². The van der Waals surface area contributed by atoms with Gasteiger partial charge in [-0.05, 0) is 37.1 Å². The number of rotatable bonds is 5. The van der Waals surface area contributed by atoms with Gasteiger partial charge >= 0.3 is 5.97 Å². The van der Waals surface area contributed by atoms with E-state index in [1.807, 2.05) is 18.2 Å². The molecule has 0 aliphatic carbocycles. The van der Waals surface area contributed by atoms with E-state index in [-0.39, 0.29) is 5.97 Å². The summed E-state index contributed by atoms with van der Waals surface area (Å²) in [6.07, 6.45) is 6.09. The Bertz CT molecular complexity index is 355. The van der Waals surface area contributed by atoms with Crippen molar-refractivity contribution in [1.82, 2.24) is 0 Å². The highest BCUT2D eigenvalue weighted by Crippen LogP contribution is 2.08. The van der Waals surface area contributed by atoms with Crippen molar-refractivity contribution in [2.24, 2.45) is 5.73 Å². The zero-order chi connectivity index (χ0) is 11.8. The van der Waals surface area contributed by atoms with Crippen molar-refractivity contribution in [3.05, 3.63) is 41.5 Å². The standard InChI is InChI=1S/C13H17NO2/c1-16-13(15)12-8-6-11(7-9-12)5-3-2-4-10-14/h3,5-9H,2,4,10,14H2,1H3. The zero-order valence-corrected chi connectivity index (χ0v) is 9.48. The molecule has 0 heterocycles. The first kappa shape index (κ1) is 12.5. The van der Waals surface area contributed by atoms with Gasteiger partial charge in [0.25, 0.3) is 0 Å². The summed E-state index contributed by atoms with van der Waals surface area (Å²) < 4.78 is 4.62. The molecule has 0 amide bonds. The van der Waals surface area contributed by atoms with Gasteiger partial charge in [-0.15, -0.1) is 0 Å². The lowest BCUT2D eigenvalue weighted by molar-refractivity contribution is 0.0601. The van der Waals surface area contributed by atoms with Gasteiger partial charge in [0.1, 0.15) is 0 Å². The van der Waals surface area contributed by atoms with E-state index in [2.05, 4.69) is 10.8 Å². The molecule has 0 radical (unpaired) electrons. The SMILES string of the molecule is COC(=O)c1ccc(C=CCCCN)cc1. The molecule has 86 valence electrons. The topological polar surface area (TPSA) is 52.3 Å². The number of benzene rings is 1. The van der Waals surface area contributed by atoms with Crippen molar-refractivity contribution < 1.29 is 9.53 Å². The summed E-state index contributed by atoms with van der Waals surface area (Å²) in [7, 11) is 1.38. The molecular weight excluding hydrogens is 202 g/mol. The van der Waals surface area contributed by atoms with Crippen molar-refractivity contribution in [3.63, 3.8) is 0 Å². The van der Waals surface area contributed by atoms with Gasteiger partial charge in [0, 0.05) is 0 Å². The number of nitrogens with two attached hydrogens (primary N) is 1. The smallest absolute Gasteiger partial charge is 0.337 e. The fraction of sp³-hybridized carbons (Fsp3) is 0.308. The minimum absolute atomic E-state index is 0.307. The van der Waals surface area contributed by atoms with E-state index in [1.165, 1.54) is 7.11 Å². The molecule has 0 aromatic heterocycles.